The van der Waals surface area contributed by atoms with Crippen molar-refractivity contribution in [3.05, 3.63) is 192 Å². The van der Waals surface area contributed by atoms with Gasteiger partial charge in [0.15, 0.2) is 0 Å². The Morgan fingerprint density at radius 3 is 2.00 bits per heavy atom. The van der Waals surface area contributed by atoms with Crippen molar-refractivity contribution in [1.82, 2.24) is 14.5 Å². The molecule has 0 bridgehead atoms. The zero-order valence-corrected chi connectivity index (χ0v) is 35.5. The molecule has 7 aromatic carbocycles. The van der Waals surface area contributed by atoms with Gasteiger partial charge in [-0.1, -0.05) is 149 Å². The maximum absolute atomic E-state index is 12.0. The Hall–Kier alpha value is -7.04. The van der Waals surface area contributed by atoms with Gasteiger partial charge >= 0.3 is 0 Å². The van der Waals surface area contributed by atoms with E-state index >= 15 is 0 Å². The first-order chi connectivity index (χ1) is 30.9. The highest BCUT2D eigenvalue weighted by Gasteiger charge is 2.25. The third kappa shape index (κ3) is 7.66. The van der Waals surface area contributed by atoms with Gasteiger partial charge in [0.25, 0.3) is 0 Å². The largest absolute Gasteiger partial charge is 0.507 e. The highest BCUT2D eigenvalue weighted by atomic mass is 16.3. The Morgan fingerprint density at radius 1 is 0.607 bits per heavy atom. The second kappa shape index (κ2) is 15.9. The molecular weight excluding hydrogens is 743 g/mol. The van der Waals surface area contributed by atoms with Crippen molar-refractivity contribution in [3.63, 3.8) is 0 Å². The lowest BCUT2D eigenvalue weighted by Gasteiger charge is -2.22. The van der Waals surface area contributed by atoms with E-state index in [2.05, 4.69) is 79.9 Å². The maximum Gasteiger partial charge on any atom is 0.149 e. The van der Waals surface area contributed by atoms with E-state index in [1.54, 1.807) is 12.1 Å². The number of phenols is 1. The molecule has 0 atom stereocenters. The second-order valence-corrected chi connectivity index (χ2v) is 17.2. The first kappa shape index (κ1) is 34.8. The van der Waals surface area contributed by atoms with Gasteiger partial charge in [0.05, 0.1) is 28.0 Å². The van der Waals surface area contributed by atoms with Crippen LogP contribution in [-0.2, 0) is 5.41 Å². The molecule has 0 fully saturated rings. The molecule has 4 heteroatoms. The van der Waals surface area contributed by atoms with Gasteiger partial charge in [-0.15, -0.1) is 0 Å². The molecular formula is C57H51N3O. The molecule has 9 aromatic rings. The number of aromatic nitrogens is 3. The normalized spacial score (nSPS) is 13.1. The van der Waals surface area contributed by atoms with Crippen LogP contribution in [0, 0.1) is 13.8 Å². The second-order valence-electron chi connectivity index (χ2n) is 17.2. The first-order valence-electron chi connectivity index (χ1n) is 22.8. The summed E-state index contributed by atoms with van der Waals surface area (Å²) in [6.45, 7) is 9.84. The minimum absolute atomic E-state index is 0.133. The number of imidazole rings is 1. The zero-order valence-electron chi connectivity index (χ0n) is 39.5. The predicted molar refractivity (Wildman–Crippen MR) is 255 cm³/mol. The average Bonchev–Trinajstić information content (AvgIpc) is 3.68. The lowest BCUT2D eigenvalue weighted by atomic mass is 9.84. The lowest BCUT2D eigenvalue weighted by molar-refractivity contribution is 0.471. The van der Waals surface area contributed by atoms with Crippen LogP contribution in [0.25, 0.3) is 83.9 Å². The monoisotopic (exact) mass is 797 g/mol. The smallest absolute Gasteiger partial charge is 0.149 e. The molecule has 0 aliphatic rings. The maximum atomic E-state index is 12.0. The zero-order chi connectivity index (χ0) is 45.8. The lowest BCUT2D eigenvalue weighted by Crippen LogP contribution is -2.12. The molecule has 0 spiro atoms. The summed E-state index contributed by atoms with van der Waals surface area (Å²) in [4.78, 5) is 10.4. The molecule has 0 aliphatic heterocycles. The van der Waals surface area contributed by atoms with Crippen molar-refractivity contribution in [1.29, 1.82) is 0 Å². The standard InChI is InChI=1S/C57H51N3O/c1-36(2)39-22-24-41(25-23-39)43-27-28-58-51(34-43)46-32-44(40-15-10-8-11-16-40)31-45(33-46)48-19-14-20-53-54(48)59-56(50-35-47(57(5,6)7)30-38(4)55(50)61)60(53)52-26-21-37(3)29-49(52)42-17-12-9-13-18-42/h8-36,61H,1-7H3/i3D3,36D. The van der Waals surface area contributed by atoms with E-state index in [9.17, 15) is 5.11 Å². The van der Waals surface area contributed by atoms with Gasteiger partial charge in [0, 0.05) is 28.4 Å². The minimum Gasteiger partial charge on any atom is -0.507 e. The molecule has 0 amide bonds. The number of para-hydroxylation sites is 1. The van der Waals surface area contributed by atoms with E-state index in [1.165, 1.54) is 0 Å². The summed E-state index contributed by atoms with van der Waals surface area (Å²) in [6.07, 6.45) is 1.85. The summed E-state index contributed by atoms with van der Waals surface area (Å²) in [5, 5.41) is 12.0. The molecule has 300 valence electrons. The molecule has 0 aliphatic carbocycles. The Kier molecular flexibility index (Phi) is 9.04. The van der Waals surface area contributed by atoms with Crippen LogP contribution in [0.5, 0.6) is 5.75 Å². The molecule has 0 saturated carbocycles. The van der Waals surface area contributed by atoms with Gasteiger partial charge in [-0.25, -0.2) is 4.98 Å². The number of hydrogen-bond acceptors (Lipinski definition) is 3. The van der Waals surface area contributed by atoms with Gasteiger partial charge in [-0.05, 0) is 130 Å². The van der Waals surface area contributed by atoms with E-state index in [1.807, 2.05) is 124 Å². The first-order valence-corrected chi connectivity index (χ1v) is 20.8. The van der Waals surface area contributed by atoms with Crippen LogP contribution < -0.4 is 0 Å². The summed E-state index contributed by atoms with van der Waals surface area (Å²) >= 11 is 0. The van der Waals surface area contributed by atoms with Crippen LogP contribution in [0.1, 0.15) is 68.2 Å². The molecule has 2 heterocycles. The van der Waals surface area contributed by atoms with Crippen molar-refractivity contribution in [3.8, 4) is 78.6 Å². The third-order valence-electron chi connectivity index (χ3n) is 11.6. The van der Waals surface area contributed by atoms with Crippen molar-refractivity contribution in [2.24, 2.45) is 0 Å². The Bertz CT molecular complexity index is 3210. The average molecular weight is 798 g/mol. The summed E-state index contributed by atoms with van der Waals surface area (Å²) in [7, 11) is 0. The number of benzene rings is 7. The van der Waals surface area contributed by atoms with Crippen LogP contribution in [0.4, 0.5) is 0 Å². The number of rotatable bonds is 8. The molecule has 0 saturated heterocycles. The van der Waals surface area contributed by atoms with E-state index in [-0.39, 0.29) is 16.7 Å². The Morgan fingerprint density at radius 2 is 1.30 bits per heavy atom. The number of fused-ring (bicyclic) bond motifs is 1. The SMILES string of the molecule is [2H]C([2H])([2H])c1ccc(-n2c(-c3cc(C(C)(C)C)cc(C)c3O)nc3c(-c4cc(-c5ccccc5)cc(-c5cc(-c6ccc(C([2H])(C)C)cc6)ccn5)c4)cccc32)c(-c2ccccc2)c1. The molecule has 1 N–H and O–H groups in total. The summed E-state index contributed by atoms with van der Waals surface area (Å²) < 4.78 is 35.6. The number of pyridine rings is 1. The molecule has 4 nitrogen and oxygen atoms in total. The quantitative estimate of drug-likeness (QED) is 0.167. The van der Waals surface area contributed by atoms with Gasteiger partial charge < -0.3 is 5.11 Å². The van der Waals surface area contributed by atoms with E-state index < -0.39 is 12.7 Å². The van der Waals surface area contributed by atoms with E-state index in [0.717, 1.165) is 89.2 Å². The van der Waals surface area contributed by atoms with Crippen molar-refractivity contribution >= 4 is 11.0 Å². The van der Waals surface area contributed by atoms with Gasteiger partial charge in [-0.2, -0.15) is 0 Å². The van der Waals surface area contributed by atoms with Crippen molar-refractivity contribution in [2.75, 3.05) is 0 Å². The fourth-order valence-corrected chi connectivity index (χ4v) is 8.21. The minimum atomic E-state index is -2.33. The van der Waals surface area contributed by atoms with E-state index in [4.69, 9.17) is 15.5 Å². The van der Waals surface area contributed by atoms with Crippen LogP contribution in [-0.4, -0.2) is 19.6 Å². The van der Waals surface area contributed by atoms with Crippen LogP contribution in [0.15, 0.2) is 170 Å². The van der Waals surface area contributed by atoms with E-state index in [0.29, 0.717) is 11.4 Å². The van der Waals surface area contributed by atoms with Crippen molar-refractivity contribution < 1.29 is 10.6 Å². The molecule has 2 aromatic heterocycles. The van der Waals surface area contributed by atoms with Gasteiger partial charge in [0.2, 0.25) is 0 Å². The topological polar surface area (TPSA) is 50.9 Å². The van der Waals surface area contributed by atoms with Crippen LogP contribution in [0.3, 0.4) is 0 Å². The Labute approximate surface area is 365 Å². The summed E-state index contributed by atoms with van der Waals surface area (Å²) in [5.41, 5.74) is 14.8. The Balaban J connectivity index is 1.31. The number of phenolic OH excluding ortho intramolecular Hbond substituents is 1. The van der Waals surface area contributed by atoms with Crippen LogP contribution in [0.2, 0.25) is 0 Å². The van der Waals surface area contributed by atoms with Gasteiger partial charge in [0.1, 0.15) is 11.6 Å². The number of aryl methyl sites for hydroxylation is 2. The third-order valence-corrected chi connectivity index (χ3v) is 11.6. The highest BCUT2D eigenvalue weighted by molar-refractivity contribution is 5.98. The molecule has 9 rings (SSSR count). The van der Waals surface area contributed by atoms with Crippen LogP contribution >= 0.6 is 0 Å². The highest BCUT2D eigenvalue weighted by Crippen LogP contribution is 2.43. The molecule has 0 radical (unpaired) electrons. The molecule has 61 heavy (non-hydrogen) atoms. The number of hydrogen-bond donors (Lipinski definition) is 1. The fourth-order valence-electron chi connectivity index (χ4n) is 8.21. The predicted octanol–water partition coefficient (Wildman–Crippen LogP) is 15.2. The van der Waals surface area contributed by atoms with Gasteiger partial charge in [-0.3, -0.25) is 9.55 Å². The fraction of sp³-hybridized carbons (Fsp3) is 0.158. The summed E-state index contributed by atoms with van der Waals surface area (Å²) in [5.74, 6) is -0.0274. The molecule has 0 unspecified atom stereocenters. The summed E-state index contributed by atoms with van der Waals surface area (Å²) in [6, 6.07) is 54.5. The number of nitrogens with zero attached hydrogens (tertiary/aromatic N) is 3. The van der Waals surface area contributed by atoms with Crippen molar-refractivity contribution in [2.45, 2.75) is 59.7 Å². The number of aromatic hydroxyl groups is 1.